The highest BCUT2D eigenvalue weighted by Crippen LogP contribution is 2.28. The van der Waals surface area contributed by atoms with Crippen LogP contribution in [0.2, 0.25) is 0 Å². The Labute approximate surface area is 184 Å². The number of pyridine rings is 1. The molecule has 0 saturated carbocycles. The number of piperidine rings is 1. The molecule has 2 heterocycles. The van der Waals surface area contributed by atoms with Gasteiger partial charge in [-0.1, -0.05) is 6.07 Å². The Kier molecular flexibility index (Phi) is 6.89. The van der Waals surface area contributed by atoms with E-state index in [0.29, 0.717) is 30.4 Å². The van der Waals surface area contributed by atoms with Crippen molar-refractivity contribution in [2.24, 2.45) is 0 Å². The molecule has 1 aromatic carbocycles. The molecule has 1 saturated heterocycles. The molecule has 3 rings (SSSR count). The number of carbonyl (C=O) groups excluding carboxylic acids is 1. The first-order valence-corrected chi connectivity index (χ1v) is 12.4. The minimum atomic E-state index is -3.19. The van der Waals surface area contributed by atoms with E-state index in [1.54, 1.807) is 29.2 Å². The van der Waals surface area contributed by atoms with Crippen molar-refractivity contribution in [3.63, 3.8) is 0 Å². The number of nitrogens with one attached hydrogen (secondary N) is 1. The number of aromatic nitrogens is 1. The summed E-state index contributed by atoms with van der Waals surface area (Å²) < 4.78 is 28.5. The summed E-state index contributed by atoms with van der Waals surface area (Å²) in [6, 6.07) is 10.8. The number of benzene rings is 1. The number of ether oxygens (including phenoxy) is 1. The van der Waals surface area contributed by atoms with Gasteiger partial charge >= 0.3 is 6.09 Å². The van der Waals surface area contributed by atoms with E-state index >= 15 is 0 Å². The average Bonchev–Trinajstić information content (AvgIpc) is 2.71. The van der Waals surface area contributed by atoms with Crippen LogP contribution in [-0.2, 0) is 21.1 Å². The monoisotopic (exact) mass is 445 g/mol. The lowest BCUT2D eigenvalue weighted by molar-refractivity contribution is 0.0205. The van der Waals surface area contributed by atoms with Crippen LogP contribution in [-0.4, -0.2) is 49.3 Å². The number of likely N-dealkylation sites (tertiary alicyclic amines) is 1. The Bertz CT molecular complexity index is 989. The topological polar surface area (TPSA) is 88.6 Å². The molecule has 0 unspecified atom stereocenters. The van der Waals surface area contributed by atoms with Crippen LogP contribution >= 0.6 is 0 Å². The highest BCUT2D eigenvalue weighted by atomic mass is 32.2. The molecule has 168 valence electrons. The van der Waals surface area contributed by atoms with Gasteiger partial charge in [0.2, 0.25) is 0 Å². The van der Waals surface area contributed by atoms with Crippen molar-refractivity contribution in [1.29, 1.82) is 0 Å². The molecule has 1 aliphatic heterocycles. The van der Waals surface area contributed by atoms with Gasteiger partial charge in [0, 0.05) is 31.2 Å². The Morgan fingerprint density at radius 1 is 1.13 bits per heavy atom. The van der Waals surface area contributed by atoms with E-state index in [0.717, 1.165) is 24.2 Å². The lowest BCUT2D eigenvalue weighted by Crippen LogP contribution is -2.41. The summed E-state index contributed by atoms with van der Waals surface area (Å²) in [7, 11) is -3.19. The zero-order valence-corrected chi connectivity index (χ0v) is 19.4. The molecule has 1 aliphatic rings. The largest absolute Gasteiger partial charge is 0.444 e. The fraction of sp³-hybridized carbons (Fsp3) is 0.478. The van der Waals surface area contributed by atoms with Crippen LogP contribution in [0.15, 0.2) is 47.5 Å². The SMILES string of the molecule is CC(C)(C)OC(=O)N1CCC(c2ccc(CNc3ccc(S(C)(=O)=O)cc3)nc2)CC1. The van der Waals surface area contributed by atoms with Crippen LogP contribution in [0.25, 0.3) is 0 Å². The average molecular weight is 446 g/mol. The standard InChI is InChI=1S/C23H31N3O4S/c1-23(2,3)30-22(27)26-13-11-17(12-14-26)18-5-6-20(24-15-18)16-25-19-7-9-21(10-8-19)31(4,28)29/h5-10,15,17,25H,11-14,16H2,1-4H3. The number of nitrogens with zero attached hydrogens (tertiary/aromatic N) is 2. The van der Waals surface area contributed by atoms with E-state index in [2.05, 4.69) is 16.4 Å². The molecule has 1 amide bonds. The van der Waals surface area contributed by atoms with Gasteiger partial charge in [-0.2, -0.15) is 0 Å². The van der Waals surface area contributed by atoms with Gasteiger partial charge < -0.3 is 15.0 Å². The van der Waals surface area contributed by atoms with Crippen molar-refractivity contribution in [3.05, 3.63) is 53.9 Å². The molecule has 2 aromatic rings. The van der Waals surface area contributed by atoms with Gasteiger partial charge in [0.1, 0.15) is 5.60 Å². The number of hydrogen-bond donors (Lipinski definition) is 1. The van der Waals surface area contributed by atoms with E-state index in [4.69, 9.17) is 4.74 Å². The van der Waals surface area contributed by atoms with Crippen LogP contribution in [0.5, 0.6) is 0 Å². The fourth-order valence-electron chi connectivity index (χ4n) is 3.52. The first-order valence-electron chi connectivity index (χ1n) is 10.5. The Morgan fingerprint density at radius 3 is 2.29 bits per heavy atom. The van der Waals surface area contributed by atoms with E-state index in [1.165, 1.54) is 11.8 Å². The van der Waals surface area contributed by atoms with Crippen LogP contribution in [0.1, 0.15) is 50.8 Å². The van der Waals surface area contributed by atoms with Gasteiger partial charge in [-0.15, -0.1) is 0 Å². The summed E-state index contributed by atoms with van der Waals surface area (Å²) in [5, 5.41) is 3.26. The molecule has 1 fully saturated rings. The predicted octanol–water partition coefficient (Wildman–Crippen LogP) is 4.21. The Morgan fingerprint density at radius 2 is 1.77 bits per heavy atom. The van der Waals surface area contributed by atoms with Crippen molar-refractivity contribution in [1.82, 2.24) is 9.88 Å². The molecule has 0 radical (unpaired) electrons. The number of carbonyl (C=O) groups is 1. The van der Waals surface area contributed by atoms with Gasteiger partial charge in [-0.25, -0.2) is 13.2 Å². The van der Waals surface area contributed by atoms with E-state index in [1.807, 2.05) is 33.0 Å². The molecule has 0 spiro atoms. The van der Waals surface area contributed by atoms with Crippen molar-refractivity contribution >= 4 is 21.6 Å². The third-order valence-corrected chi connectivity index (χ3v) is 6.35. The minimum Gasteiger partial charge on any atom is -0.444 e. The lowest BCUT2D eigenvalue weighted by atomic mass is 9.90. The zero-order chi connectivity index (χ0) is 22.6. The summed E-state index contributed by atoms with van der Waals surface area (Å²) in [6.07, 6.45) is 4.66. The summed E-state index contributed by atoms with van der Waals surface area (Å²) in [5.74, 6) is 0.386. The Hall–Kier alpha value is -2.61. The van der Waals surface area contributed by atoms with Gasteiger partial charge in [0.25, 0.3) is 0 Å². The van der Waals surface area contributed by atoms with Gasteiger partial charge in [0.15, 0.2) is 9.84 Å². The molecule has 31 heavy (non-hydrogen) atoms. The maximum Gasteiger partial charge on any atom is 0.410 e. The molecule has 8 heteroatoms. The zero-order valence-electron chi connectivity index (χ0n) is 18.6. The maximum atomic E-state index is 12.2. The highest BCUT2D eigenvalue weighted by Gasteiger charge is 2.27. The molecule has 1 aromatic heterocycles. The number of rotatable bonds is 5. The molecular formula is C23H31N3O4S. The molecule has 7 nitrogen and oxygen atoms in total. The molecular weight excluding hydrogens is 414 g/mol. The Balaban J connectivity index is 1.50. The van der Waals surface area contributed by atoms with Crippen LogP contribution in [0, 0.1) is 0 Å². The molecule has 0 aliphatic carbocycles. The molecule has 0 atom stereocenters. The second-order valence-corrected chi connectivity index (χ2v) is 11.0. The summed E-state index contributed by atoms with van der Waals surface area (Å²) in [4.78, 5) is 18.9. The van der Waals surface area contributed by atoms with Crippen molar-refractivity contribution in [3.8, 4) is 0 Å². The normalized spacial score (nSPS) is 15.5. The summed E-state index contributed by atoms with van der Waals surface area (Å²) in [6.45, 7) is 7.56. The molecule has 0 bridgehead atoms. The number of amides is 1. The van der Waals surface area contributed by atoms with Gasteiger partial charge in [0.05, 0.1) is 17.1 Å². The maximum absolute atomic E-state index is 12.2. The second kappa shape index (κ2) is 9.26. The predicted molar refractivity (Wildman–Crippen MR) is 121 cm³/mol. The third-order valence-electron chi connectivity index (χ3n) is 5.22. The summed E-state index contributed by atoms with van der Waals surface area (Å²) in [5.41, 5.74) is 2.46. The van der Waals surface area contributed by atoms with Gasteiger partial charge in [-0.3, -0.25) is 4.98 Å². The first kappa shape index (κ1) is 23.1. The number of hydrogen-bond acceptors (Lipinski definition) is 6. The van der Waals surface area contributed by atoms with Crippen molar-refractivity contribution in [2.45, 2.75) is 56.6 Å². The van der Waals surface area contributed by atoms with Crippen LogP contribution in [0.3, 0.4) is 0 Å². The van der Waals surface area contributed by atoms with E-state index in [9.17, 15) is 13.2 Å². The third kappa shape index (κ3) is 6.69. The fourth-order valence-corrected chi connectivity index (χ4v) is 4.15. The highest BCUT2D eigenvalue weighted by molar-refractivity contribution is 7.90. The minimum absolute atomic E-state index is 0.241. The van der Waals surface area contributed by atoms with Crippen LogP contribution < -0.4 is 5.32 Å². The molecule has 1 N–H and O–H groups in total. The van der Waals surface area contributed by atoms with E-state index < -0.39 is 15.4 Å². The van der Waals surface area contributed by atoms with Crippen LogP contribution in [0.4, 0.5) is 10.5 Å². The quantitative estimate of drug-likeness (QED) is 0.742. The lowest BCUT2D eigenvalue weighted by Gasteiger charge is -2.33. The smallest absolute Gasteiger partial charge is 0.410 e. The van der Waals surface area contributed by atoms with Gasteiger partial charge in [-0.05, 0) is 75.4 Å². The summed E-state index contributed by atoms with van der Waals surface area (Å²) >= 11 is 0. The number of sulfone groups is 1. The number of anilines is 1. The second-order valence-electron chi connectivity index (χ2n) is 8.97. The van der Waals surface area contributed by atoms with Crippen molar-refractivity contribution in [2.75, 3.05) is 24.7 Å². The van der Waals surface area contributed by atoms with Crippen molar-refractivity contribution < 1.29 is 17.9 Å². The first-order chi connectivity index (χ1) is 14.5. The van der Waals surface area contributed by atoms with E-state index in [-0.39, 0.29) is 6.09 Å².